The van der Waals surface area contributed by atoms with Gasteiger partial charge in [-0.05, 0) is 85.0 Å². The smallest absolute Gasteiger partial charge is 0.119 e. The standard InChI is InChI=1S/C22H28O/c1-4-5-16-8-11-21-19-10-7-15-6-9-17(23-3)14-20(15)18(19)12-13-22(16,21)2/h4-6,9,14,18-19,21H,1,7-8,10-13H2,2-3H3/b16-5-/t18-,19+,21-,22+/m0/s1. The van der Waals surface area contributed by atoms with Gasteiger partial charge in [0.25, 0.3) is 0 Å². The summed E-state index contributed by atoms with van der Waals surface area (Å²) in [6.45, 7) is 6.46. The molecule has 0 unspecified atom stereocenters. The first-order valence-corrected chi connectivity index (χ1v) is 9.16. The van der Waals surface area contributed by atoms with Gasteiger partial charge in [0.1, 0.15) is 5.75 Å². The summed E-state index contributed by atoms with van der Waals surface area (Å²) < 4.78 is 5.50. The van der Waals surface area contributed by atoms with E-state index in [2.05, 4.69) is 37.8 Å². The molecule has 23 heavy (non-hydrogen) atoms. The van der Waals surface area contributed by atoms with Crippen LogP contribution in [0.2, 0.25) is 0 Å². The van der Waals surface area contributed by atoms with Crippen LogP contribution in [0.3, 0.4) is 0 Å². The Morgan fingerprint density at radius 1 is 1.22 bits per heavy atom. The second kappa shape index (κ2) is 5.54. The van der Waals surface area contributed by atoms with E-state index < -0.39 is 0 Å². The molecule has 4 rings (SSSR count). The van der Waals surface area contributed by atoms with Crippen molar-refractivity contribution in [2.75, 3.05) is 7.11 Å². The molecule has 3 aliphatic rings. The molecule has 122 valence electrons. The maximum Gasteiger partial charge on any atom is 0.119 e. The topological polar surface area (TPSA) is 9.23 Å². The van der Waals surface area contributed by atoms with E-state index in [-0.39, 0.29) is 0 Å². The number of aryl methyl sites for hydroxylation is 1. The molecule has 0 bridgehead atoms. The first-order valence-electron chi connectivity index (χ1n) is 9.16. The summed E-state index contributed by atoms with van der Waals surface area (Å²) in [7, 11) is 1.78. The summed E-state index contributed by atoms with van der Waals surface area (Å²) in [6, 6.07) is 6.76. The van der Waals surface area contributed by atoms with Crippen LogP contribution >= 0.6 is 0 Å². The SMILES string of the molecule is C=C/C=C1/CC[C@H]2[C@@H]3CCc4ccc(OC)cc4[C@H]3CC[C@]12C. The molecule has 1 aromatic carbocycles. The summed E-state index contributed by atoms with van der Waals surface area (Å²) in [5, 5.41) is 0. The lowest BCUT2D eigenvalue weighted by atomic mass is 9.55. The molecule has 1 nitrogen and oxygen atoms in total. The molecule has 2 fully saturated rings. The van der Waals surface area contributed by atoms with E-state index in [0.29, 0.717) is 5.41 Å². The highest BCUT2D eigenvalue weighted by atomic mass is 16.5. The Bertz CT molecular complexity index is 656. The van der Waals surface area contributed by atoms with Crippen molar-refractivity contribution in [3.05, 3.63) is 53.6 Å². The molecule has 3 aliphatic carbocycles. The van der Waals surface area contributed by atoms with Crippen LogP contribution < -0.4 is 4.74 Å². The second-order valence-corrected chi connectivity index (χ2v) is 7.90. The van der Waals surface area contributed by atoms with Crippen LogP contribution in [0, 0.1) is 17.3 Å². The summed E-state index contributed by atoms with van der Waals surface area (Å²) in [6.07, 6.45) is 12.2. The average molecular weight is 308 g/mol. The number of fused-ring (bicyclic) bond motifs is 5. The fourth-order valence-corrected chi connectivity index (χ4v) is 5.94. The van der Waals surface area contributed by atoms with Crippen LogP contribution in [0.1, 0.15) is 56.1 Å². The van der Waals surface area contributed by atoms with Crippen molar-refractivity contribution < 1.29 is 4.74 Å². The van der Waals surface area contributed by atoms with E-state index in [1.807, 2.05) is 6.08 Å². The molecule has 0 spiro atoms. The molecular weight excluding hydrogens is 280 g/mol. The summed E-state index contributed by atoms with van der Waals surface area (Å²) in [4.78, 5) is 0. The van der Waals surface area contributed by atoms with Crippen LogP contribution in [0.15, 0.2) is 42.5 Å². The number of methoxy groups -OCH3 is 1. The average Bonchev–Trinajstić information content (AvgIpc) is 2.91. The normalized spacial score (nSPS) is 37.0. The number of ether oxygens (including phenoxy) is 1. The van der Waals surface area contributed by atoms with Gasteiger partial charge in [-0.3, -0.25) is 0 Å². The number of hydrogen-bond donors (Lipinski definition) is 0. The van der Waals surface area contributed by atoms with Gasteiger partial charge in [-0.25, -0.2) is 0 Å². The third-order valence-electron chi connectivity index (χ3n) is 7.10. The van der Waals surface area contributed by atoms with Gasteiger partial charge in [0.05, 0.1) is 7.11 Å². The molecule has 2 saturated carbocycles. The molecule has 1 aromatic rings. The zero-order valence-electron chi connectivity index (χ0n) is 14.5. The van der Waals surface area contributed by atoms with Gasteiger partial charge in [-0.15, -0.1) is 0 Å². The van der Waals surface area contributed by atoms with E-state index in [9.17, 15) is 0 Å². The van der Waals surface area contributed by atoms with Crippen molar-refractivity contribution in [3.8, 4) is 5.75 Å². The Labute approximate surface area is 140 Å². The quantitative estimate of drug-likeness (QED) is 0.684. The Hall–Kier alpha value is -1.50. The highest BCUT2D eigenvalue weighted by molar-refractivity contribution is 5.41. The van der Waals surface area contributed by atoms with Gasteiger partial charge < -0.3 is 4.74 Å². The van der Waals surface area contributed by atoms with Gasteiger partial charge in [0.15, 0.2) is 0 Å². The van der Waals surface area contributed by atoms with Crippen molar-refractivity contribution in [2.24, 2.45) is 17.3 Å². The number of rotatable bonds is 2. The molecule has 0 radical (unpaired) electrons. The molecule has 4 atom stereocenters. The van der Waals surface area contributed by atoms with Crippen LogP contribution in [0.4, 0.5) is 0 Å². The van der Waals surface area contributed by atoms with Gasteiger partial charge in [-0.1, -0.05) is 37.3 Å². The molecule has 0 saturated heterocycles. The minimum absolute atomic E-state index is 0.422. The van der Waals surface area contributed by atoms with Gasteiger partial charge in [-0.2, -0.15) is 0 Å². The molecule has 0 heterocycles. The predicted molar refractivity (Wildman–Crippen MR) is 95.9 cm³/mol. The lowest BCUT2D eigenvalue weighted by Crippen LogP contribution is -2.40. The van der Waals surface area contributed by atoms with Gasteiger partial charge in [0.2, 0.25) is 0 Å². The fraction of sp³-hybridized carbons (Fsp3) is 0.545. The highest BCUT2D eigenvalue weighted by Gasteiger charge is 2.52. The summed E-state index contributed by atoms with van der Waals surface area (Å²) >= 11 is 0. The second-order valence-electron chi connectivity index (χ2n) is 7.90. The maximum absolute atomic E-state index is 5.50. The minimum atomic E-state index is 0.422. The summed E-state index contributed by atoms with van der Waals surface area (Å²) in [5.41, 5.74) is 5.23. The molecule has 1 heteroatoms. The molecule has 0 N–H and O–H groups in total. The van der Waals surface area contributed by atoms with Crippen LogP contribution in [-0.2, 0) is 6.42 Å². The monoisotopic (exact) mass is 308 g/mol. The van der Waals surface area contributed by atoms with Crippen molar-refractivity contribution in [1.29, 1.82) is 0 Å². The zero-order chi connectivity index (χ0) is 16.0. The molecular formula is C22H28O. The van der Waals surface area contributed by atoms with E-state index in [0.717, 1.165) is 23.5 Å². The lowest BCUT2D eigenvalue weighted by molar-refractivity contribution is 0.0813. The van der Waals surface area contributed by atoms with Crippen LogP contribution in [0.5, 0.6) is 5.75 Å². The highest BCUT2D eigenvalue weighted by Crippen LogP contribution is 2.62. The Balaban J connectivity index is 1.70. The minimum Gasteiger partial charge on any atom is -0.497 e. The molecule has 0 aromatic heterocycles. The Morgan fingerprint density at radius 3 is 2.87 bits per heavy atom. The first-order chi connectivity index (χ1) is 11.2. The molecule has 0 aliphatic heterocycles. The van der Waals surface area contributed by atoms with Crippen molar-refractivity contribution >= 4 is 0 Å². The maximum atomic E-state index is 5.50. The van der Waals surface area contributed by atoms with E-state index >= 15 is 0 Å². The zero-order valence-corrected chi connectivity index (χ0v) is 14.5. The number of allylic oxidation sites excluding steroid dienone is 3. The lowest BCUT2D eigenvalue weighted by Gasteiger charge is -2.49. The number of hydrogen-bond acceptors (Lipinski definition) is 1. The largest absolute Gasteiger partial charge is 0.497 e. The first kappa shape index (κ1) is 15.1. The Morgan fingerprint density at radius 2 is 2.09 bits per heavy atom. The fourth-order valence-electron chi connectivity index (χ4n) is 5.94. The van der Waals surface area contributed by atoms with E-state index in [1.165, 1.54) is 38.5 Å². The predicted octanol–water partition coefficient (Wildman–Crippen LogP) is 5.66. The van der Waals surface area contributed by atoms with Crippen molar-refractivity contribution in [3.63, 3.8) is 0 Å². The van der Waals surface area contributed by atoms with E-state index in [4.69, 9.17) is 4.74 Å². The van der Waals surface area contributed by atoms with Crippen molar-refractivity contribution in [1.82, 2.24) is 0 Å². The van der Waals surface area contributed by atoms with Crippen molar-refractivity contribution in [2.45, 2.75) is 51.4 Å². The third-order valence-corrected chi connectivity index (χ3v) is 7.10. The van der Waals surface area contributed by atoms with Gasteiger partial charge in [0, 0.05) is 0 Å². The number of benzene rings is 1. The van der Waals surface area contributed by atoms with Crippen LogP contribution in [0.25, 0.3) is 0 Å². The van der Waals surface area contributed by atoms with Crippen LogP contribution in [-0.4, -0.2) is 7.11 Å². The summed E-state index contributed by atoms with van der Waals surface area (Å²) in [5.74, 6) is 3.47. The van der Waals surface area contributed by atoms with E-state index in [1.54, 1.807) is 23.8 Å². The Kier molecular flexibility index (Phi) is 3.63. The third kappa shape index (κ3) is 2.20. The van der Waals surface area contributed by atoms with Gasteiger partial charge >= 0.3 is 0 Å². The molecule has 0 amide bonds.